The minimum Gasteiger partial charge on any atom is -0.378 e. The van der Waals surface area contributed by atoms with Crippen LogP contribution in [0.4, 0.5) is 16.2 Å². The lowest BCUT2D eigenvalue weighted by molar-refractivity contribution is 0.0211. The van der Waals surface area contributed by atoms with E-state index in [-0.39, 0.29) is 0 Å². The molecule has 80 valence electrons. The summed E-state index contributed by atoms with van der Waals surface area (Å²) in [6.45, 7) is 1.50. The first-order valence-corrected chi connectivity index (χ1v) is 4.75. The van der Waals surface area contributed by atoms with Crippen LogP contribution in [0.3, 0.4) is 0 Å². The Morgan fingerprint density at radius 2 is 1.87 bits per heavy atom. The highest BCUT2D eigenvalue weighted by Gasteiger charge is 2.17. The van der Waals surface area contributed by atoms with Crippen LogP contribution >= 0.6 is 0 Å². The molecule has 2 rings (SSSR count). The van der Waals surface area contributed by atoms with Gasteiger partial charge in [-0.3, -0.25) is 0 Å². The van der Waals surface area contributed by atoms with E-state index in [9.17, 15) is 4.79 Å². The van der Waals surface area contributed by atoms with Gasteiger partial charge < -0.3 is 21.1 Å². The van der Waals surface area contributed by atoms with Gasteiger partial charge in [0.25, 0.3) is 0 Å². The van der Waals surface area contributed by atoms with Crippen molar-refractivity contribution in [1.29, 1.82) is 0 Å². The van der Waals surface area contributed by atoms with Gasteiger partial charge >= 0.3 is 6.03 Å². The fraction of sp³-hybridized carbons (Fsp3) is 0.300. The number of rotatable bonds is 3. The molecule has 1 aliphatic heterocycles. The number of primary amides is 1. The van der Waals surface area contributed by atoms with Crippen molar-refractivity contribution in [2.75, 3.05) is 23.8 Å². The standard InChI is InChI=1S/C10H13N3O2/c11-10(14)13-8-3-1-7(2-4-8)12-9-5-15-6-9/h1-4,9,12H,5-6H2,(H3,11,13,14). The van der Waals surface area contributed by atoms with Gasteiger partial charge in [-0.2, -0.15) is 0 Å². The summed E-state index contributed by atoms with van der Waals surface area (Å²) in [6, 6.07) is 7.23. The molecule has 1 heterocycles. The molecule has 1 aromatic carbocycles. The van der Waals surface area contributed by atoms with Crippen molar-refractivity contribution >= 4 is 17.4 Å². The molecule has 0 atom stereocenters. The van der Waals surface area contributed by atoms with Gasteiger partial charge in [0.1, 0.15) is 0 Å². The summed E-state index contributed by atoms with van der Waals surface area (Å²) in [5.74, 6) is 0. The van der Waals surface area contributed by atoms with Crippen molar-refractivity contribution in [2.24, 2.45) is 5.73 Å². The van der Waals surface area contributed by atoms with E-state index in [2.05, 4.69) is 10.6 Å². The maximum absolute atomic E-state index is 10.6. The van der Waals surface area contributed by atoms with Crippen LogP contribution in [0.1, 0.15) is 0 Å². The number of benzene rings is 1. The van der Waals surface area contributed by atoms with E-state index in [1.165, 1.54) is 0 Å². The summed E-state index contributed by atoms with van der Waals surface area (Å²) >= 11 is 0. The number of nitrogens with two attached hydrogens (primary N) is 1. The van der Waals surface area contributed by atoms with Gasteiger partial charge in [-0.05, 0) is 24.3 Å². The van der Waals surface area contributed by atoms with Crippen molar-refractivity contribution < 1.29 is 9.53 Å². The maximum atomic E-state index is 10.6. The first-order chi connectivity index (χ1) is 7.24. The lowest BCUT2D eigenvalue weighted by Gasteiger charge is -2.27. The molecule has 1 fully saturated rings. The van der Waals surface area contributed by atoms with Gasteiger partial charge in [-0.1, -0.05) is 0 Å². The smallest absolute Gasteiger partial charge is 0.316 e. The van der Waals surface area contributed by atoms with Crippen molar-refractivity contribution in [3.05, 3.63) is 24.3 Å². The first-order valence-electron chi connectivity index (χ1n) is 4.75. The van der Waals surface area contributed by atoms with E-state index in [4.69, 9.17) is 10.5 Å². The van der Waals surface area contributed by atoms with Crippen molar-refractivity contribution in [3.8, 4) is 0 Å². The van der Waals surface area contributed by atoms with Crippen LogP contribution in [-0.2, 0) is 4.74 Å². The van der Waals surface area contributed by atoms with E-state index in [1.807, 2.05) is 12.1 Å². The highest BCUT2D eigenvalue weighted by molar-refractivity contribution is 5.87. The monoisotopic (exact) mass is 207 g/mol. The molecule has 0 saturated carbocycles. The molecule has 5 heteroatoms. The van der Waals surface area contributed by atoms with Crippen molar-refractivity contribution in [1.82, 2.24) is 0 Å². The number of anilines is 2. The Bertz CT molecular complexity index is 346. The van der Waals surface area contributed by atoms with Crippen LogP contribution < -0.4 is 16.4 Å². The summed E-state index contributed by atoms with van der Waals surface area (Å²) in [4.78, 5) is 10.6. The van der Waals surface area contributed by atoms with Crippen LogP contribution in [0, 0.1) is 0 Å². The van der Waals surface area contributed by atoms with Crippen LogP contribution in [0.2, 0.25) is 0 Å². The van der Waals surface area contributed by atoms with Crippen molar-refractivity contribution in [3.63, 3.8) is 0 Å². The van der Waals surface area contributed by atoms with Gasteiger partial charge in [0.05, 0.1) is 19.3 Å². The summed E-state index contributed by atoms with van der Waals surface area (Å²) in [5, 5.41) is 5.79. The summed E-state index contributed by atoms with van der Waals surface area (Å²) < 4.78 is 5.05. The third-order valence-electron chi connectivity index (χ3n) is 2.16. The number of nitrogens with one attached hydrogen (secondary N) is 2. The number of hydrogen-bond acceptors (Lipinski definition) is 3. The fourth-order valence-corrected chi connectivity index (χ4v) is 1.35. The number of carbonyl (C=O) groups is 1. The average molecular weight is 207 g/mol. The first kappa shape index (κ1) is 9.79. The van der Waals surface area contributed by atoms with E-state index >= 15 is 0 Å². The van der Waals surface area contributed by atoms with Gasteiger partial charge in [0.2, 0.25) is 0 Å². The Labute approximate surface area is 87.6 Å². The van der Waals surface area contributed by atoms with Gasteiger partial charge in [-0.15, -0.1) is 0 Å². The maximum Gasteiger partial charge on any atom is 0.316 e. The highest BCUT2D eigenvalue weighted by atomic mass is 16.5. The quantitative estimate of drug-likeness (QED) is 0.691. The predicted octanol–water partition coefficient (Wildman–Crippen LogP) is 0.988. The zero-order valence-electron chi connectivity index (χ0n) is 8.19. The van der Waals surface area contributed by atoms with E-state index in [0.29, 0.717) is 11.7 Å². The SMILES string of the molecule is NC(=O)Nc1ccc(NC2COC2)cc1. The molecule has 0 bridgehead atoms. The lowest BCUT2D eigenvalue weighted by atomic mass is 10.2. The predicted molar refractivity (Wildman–Crippen MR) is 57.9 cm³/mol. The van der Waals surface area contributed by atoms with Gasteiger partial charge in [-0.25, -0.2) is 4.79 Å². The fourth-order valence-electron chi connectivity index (χ4n) is 1.35. The molecule has 1 aromatic rings. The zero-order chi connectivity index (χ0) is 10.7. The van der Waals surface area contributed by atoms with Crippen LogP contribution in [0.25, 0.3) is 0 Å². The molecular weight excluding hydrogens is 194 g/mol. The molecule has 1 saturated heterocycles. The Balaban J connectivity index is 1.93. The molecule has 0 aliphatic carbocycles. The van der Waals surface area contributed by atoms with Crippen molar-refractivity contribution in [2.45, 2.75) is 6.04 Å². The molecule has 0 aromatic heterocycles. The van der Waals surface area contributed by atoms with E-state index < -0.39 is 6.03 Å². The van der Waals surface area contributed by atoms with Crippen LogP contribution in [0.5, 0.6) is 0 Å². The number of amides is 2. The second kappa shape index (κ2) is 4.18. The van der Waals surface area contributed by atoms with E-state index in [1.54, 1.807) is 12.1 Å². The Kier molecular flexibility index (Phi) is 2.73. The molecule has 0 spiro atoms. The molecule has 1 aliphatic rings. The highest BCUT2D eigenvalue weighted by Crippen LogP contribution is 2.16. The second-order valence-electron chi connectivity index (χ2n) is 3.45. The van der Waals surface area contributed by atoms with Crippen LogP contribution in [-0.4, -0.2) is 25.3 Å². The summed E-state index contributed by atoms with van der Waals surface area (Å²) in [7, 11) is 0. The number of urea groups is 1. The molecular formula is C10H13N3O2. The number of carbonyl (C=O) groups excluding carboxylic acids is 1. The number of ether oxygens (including phenoxy) is 1. The topological polar surface area (TPSA) is 76.4 Å². The molecule has 2 amide bonds. The molecule has 15 heavy (non-hydrogen) atoms. The molecule has 0 unspecified atom stereocenters. The second-order valence-corrected chi connectivity index (χ2v) is 3.45. The third-order valence-corrected chi connectivity index (χ3v) is 2.16. The molecule has 5 nitrogen and oxygen atoms in total. The largest absolute Gasteiger partial charge is 0.378 e. The van der Waals surface area contributed by atoms with Gasteiger partial charge in [0.15, 0.2) is 0 Å². The Morgan fingerprint density at radius 1 is 1.27 bits per heavy atom. The van der Waals surface area contributed by atoms with E-state index in [0.717, 1.165) is 18.9 Å². The minimum absolute atomic E-state index is 0.403. The summed E-state index contributed by atoms with van der Waals surface area (Å²) in [5.41, 5.74) is 6.70. The van der Waals surface area contributed by atoms with Gasteiger partial charge in [0, 0.05) is 11.4 Å². The Hall–Kier alpha value is -1.75. The lowest BCUT2D eigenvalue weighted by Crippen LogP contribution is -2.40. The molecule has 0 radical (unpaired) electrons. The minimum atomic E-state index is -0.553. The number of hydrogen-bond donors (Lipinski definition) is 3. The third kappa shape index (κ3) is 2.60. The Morgan fingerprint density at radius 3 is 2.33 bits per heavy atom. The normalized spacial score (nSPS) is 15.5. The molecule has 4 N–H and O–H groups in total. The van der Waals surface area contributed by atoms with Crippen LogP contribution in [0.15, 0.2) is 24.3 Å². The zero-order valence-corrected chi connectivity index (χ0v) is 8.19. The summed E-state index contributed by atoms with van der Waals surface area (Å²) in [6.07, 6.45) is 0. The average Bonchev–Trinajstić information content (AvgIpc) is 2.13.